The second kappa shape index (κ2) is 11.9. The minimum atomic E-state index is -0.0171. The summed E-state index contributed by atoms with van der Waals surface area (Å²) in [6.45, 7) is 1.34. The van der Waals surface area contributed by atoms with Crippen LogP contribution in [0.15, 0.2) is 78.9 Å². The van der Waals surface area contributed by atoms with E-state index in [9.17, 15) is 4.79 Å². The van der Waals surface area contributed by atoms with Gasteiger partial charge in [-0.25, -0.2) is 4.98 Å². The van der Waals surface area contributed by atoms with Crippen molar-refractivity contribution < 1.29 is 14.3 Å². The van der Waals surface area contributed by atoms with Crippen molar-refractivity contribution in [3.05, 3.63) is 95.8 Å². The maximum Gasteiger partial charge on any atom is 0.224 e. The number of aryl methyl sites for hydroxylation is 1. The van der Waals surface area contributed by atoms with Crippen LogP contribution in [0.5, 0.6) is 11.5 Å². The second-order valence-electron chi connectivity index (χ2n) is 8.26. The van der Waals surface area contributed by atoms with Crippen LogP contribution in [0, 0.1) is 0 Å². The van der Waals surface area contributed by atoms with E-state index in [1.807, 2.05) is 54.6 Å². The molecule has 1 heterocycles. The van der Waals surface area contributed by atoms with E-state index in [1.165, 1.54) is 5.56 Å². The molecule has 6 heteroatoms. The molecule has 0 radical (unpaired) electrons. The first-order valence-electron chi connectivity index (χ1n) is 11.8. The number of hydrogen-bond donors (Lipinski definition) is 1. The SMILES string of the molecule is COc1ccc(CC(=O)NCCCc2nc3ccccc3n2C/C=C/c2ccccc2)cc1OC. The molecule has 6 nitrogen and oxygen atoms in total. The Kier molecular flexibility index (Phi) is 8.17. The number of hydrogen-bond acceptors (Lipinski definition) is 4. The average molecular weight is 470 g/mol. The molecule has 0 fully saturated rings. The number of methoxy groups -OCH3 is 2. The monoisotopic (exact) mass is 469 g/mol. The van der Waals surface area contributed by atoms with E-state index < -0.39 is 0 Å². The summed E-state index contributed by atoms with van der Waals surface area (Å²) in [5.74, 6) is 2.28. The molecule has 0 atom stereocenters. The normalized spacial score (nSPS) is 11.1. The molecule has 4 aromatic rings. The molecule has 1 amide bonds. The highest BCUT2D eigenvalue weighted by atomic mass is 16.5. The molecule has 4 rings (SSSR count). The number of amides is 1. The van der Waals surface area contributed by atoms with E-state index in [0.717, 1.165) is 41.8 Å². The minimum absolute atomic E-state index is 0.0171. The van der Waals surface area contributed by atoms with Gasteiger partial charge in [-0.3, -0.25) is 4.79 Å². The highest BCUT2D eigenvalue weighted by molar-refractivity contribution is 5.79. The summed E-state index contributed by atoms with van der Waals surface area (Å²) in [4.78, 5) is 17.3. The number of carbonyl (C=O) groups excluding carboxylic acids is 1. The molecular weight excluding hydrogens is 438 g/mol. The Morgan fingerprint density at radius 2 is 1.74 bits per heavy atom. The molecule has 0 saturated heterocycles. The molecule has 0 saturated carbocycles. The van der Waals surface area contributed by atoms with Crippen molar-refractivity contribution in [2.24, 2.45) is 0 Å². The molecule has 180 valence electrons. The van der Waals surface area contributed by atoms with E-state index in [-0.39, 0.29) is 5.91 Å². The number of ether oxygens (including phenoxy) is 2. The van der Waals surface area contributed by atoms with E-state index in [0.29, 0.717) is 24.5 Å². The van der Waals surface area contributed by atoms with Crippen LogP contribution in [0.4, 0.5) is 0 Å². The lowest BCUT2D eigenvalue weighted by Crippen LogP contribution is -2.26. The van der Waals surface area contributed by atoms with Gasteiger partial charge in [-0.2, -0.15) is 0 Å². The van der Waals surface area contributed by atoms with Gasteiger partial charge < -0.3 is 19.4 Å². The number of nitrogens with zero attached hydrogens (tertiary/aromatic N) is 2. The third-order valence-corrected chi connectivity index (χ3v) is 5.84. The van der Waals surface area contributed by atoms with E-state index >= 15 is 0 Å². The van der Waals surface area contributed by atoms with Gasteiger partial charge in [0.1, 0.15) is 5.82 Å². The summed E-state index contributed by atoms with van der Waals surface area (Å²) >= 11 is 0. The van der Waals surface area contributed by atoms with Gasteiger partial charge in [-0.15, -0.1) is 0 Å². The summed E-state index contributed by atoms with van der Waals surface area (Å²) in [7, 11) is 3.19. The van der Waals surface area contributed by atoms with Crippen molar-refractivity contribution >= 4 is 23.0 Å². The lowest BCUT2D eigenvalue weighted by Gasteiger charge is -2.10. The van der Waals surface area contributed by atoms with Gasteiger partial charge in [0.2, 0.25) is 5.91 Å². The fourth-order valence-electron chi connectivity index (χ4n) is 4.09. The Hall–Kier alpha value is -4.06. The first-order chi connectivity index (χ1) is 17.2. The maximum absolute atomic E-state index is 12.4. The third-order valence-electron chi connectivity index (χ3n) is 5.84. The number of allylic oxidation sites excluding steroid dienone is 1. The third kappa shape index (κ3) is 6.29. The van der Waals surface area contributed by atoms with Crippen LogP contribution in [0.2, 0.25) is 0 Å². The van der Waals surface area contributed by atoms with Gasteiger partial charge >= 0.3 is 0 Å². The van der Waals surface area contributed by atoms with Gasteiger partial charge in [-0.1, -0.05) is 60.7 Å². The van der Waals surface area contributed by atoms with Crippen LogP contribution in [-0.4, -0.2) is 36.2 Å². The molecule has 0 aliphatic heterocycles. The van der Waals surface area contributed by atoms with Gasteiger partial charge in [-0.05, 0) is 41.8 Å². The molecule has 0 unspecified atom stereocenters. The molecule has 1 aromatic heterocycles. The molecule has 0 aliphatic carbocycles. The van der Waals surface area contributed by atoms with Gasteiger partial charge in [0, 0.05) is 19.5 Å². The lowest BCUT2D eigenvalue weighted by molar-refractivity contribution is -0.120. The Morgan fingerprint density at radius 1 is 0.971 bits per heavy atom. The number of benzene rings is 3. The smallest absolute Gasteiger partial charge is 0.224 e. The second-order valence-corrected chi connectivity index (χ2v) is 8.26. The van der Waals surface area contributed by atoms with Gasteiger partial charge in [0.15, 0.2) is 11.5 Å². The Bertz CT molecular complexity index is 1300. The molecule has 35 heavy (non-hydrogen) atoms. The largest absolute Gasteiger partial charge is 0.493 e. The maximum atomic E-state index is 12.4. The lowest BCUT2D eigenvalue weighted by atomic mass is 10.1. The summed E-state index contributed by atoms with van der Waals surface area (Å²) in [5.41, 5.74) is 4.17. The van der Waals surface area contributed by atoms with E-state index in [2.05, 4.69) is 40.2 Å². The summed E-state index contributed by atoms with van der Waals surface area (Å²) in [5, 5.41) is 3.02. The number of rotatable bonds is 11. The zero-order chi connectivity index (χ0) is 24.5. The zero-order valence-corrected chi connectivity index (χ0v) is 20.2. The Morgan fingerprint density at radius 3 is 2.54 bits per heavy atom. The summed E-state index contributed by atoms with van der Waals surface area (Å²) in [6.07, 6.45) is 6.18. The van der Waals surface area contributed by atoms with Crippen molar-refractivity contribution in [2.75, 3.05) is 20.8 Å². The van der Waals surface area contributed by atoms with Crippen LogP contribution in [0.3, 0.4) is 0 Å². The number of aromatic nitrogens is 2. The van der Waals surface area contributed by atoms with Crippen LogP contribution in [0.1, 0.15) is 23.4 Å². The van der Waals surface area contributed by atoms with Crippen molar-refractivity contribution in [1.82, 2.24) is 14.9 Å². The molecule has 0 bridgehead atoms. The number of imidazole rings is 1. The molecule has 0 aliphatic rings. The van der Waals surface area contributed by atoms with Crippen LogP contribution < -0.4 is 14.8 Å². The predicted octanol–water partition coefficient (Wildman–Crippen LogP) is 5.06. The molecule has 3 aromatic carbocycles. The van der Waals surface area contributed by atoms with Crippen molar-refractivity contribution in [3.8, 4) is 11.5 Å². The van der Waals surface area contributed by atoms with Crippen molar-refractivity contribution in [3.63, 3.8) is 0 Å². The molecular formula is C29H31N3O3. The topological polar surface area (TPSA) is 65.4 Å². The summed E-state index contributed by atoms with van der Waals surface area (Å²) < 4.78 is 12.8. The minimum Gasteiger partial charge on any atom is -0.493 e. The van der Waals surface area contributed by atoms with E-state index in [4.69, 9.17) is 14.5 Å². The number of para-hydroxylation sites is 2. The first-order valence-corrected chi connectivity index (χ1v) is 11.8. The molecule has 1 N–H and O–H groups in total. The highest BCUT2D eigenvalue weighted by Gasteiger charge is 2.11. The zero-order valence-electron chi connectivity index (χ0n) is 20.2. The Balaban J connectivity index is 1.34. The van der Waals surface area contributed by atoms with Crippen molar-refractivity contribution in [1.29, 1.82) is 0 Å². The predicted molar refractivity (Wildman–Crippen MR) is 140 cm³/mol. The van der Waals surface area contributed by atoms with Crippen molar-refractivity contribution in [2.45, 2.75) is 25.8 Å². The number of fused-ring (bicyclic) bond motifs is 1. The quantitative estimate of drug-likeness (QED) is 0.312. The fraction of sp³-hybridized carbons (Fsp3) is 0.241. The standard InChI is InChI=1S/C29H31N3O3/c1-34-26-17-16-23(20-27(26)35-2)21-29(33)30-18-8-15-28-31-24-13-6-7-14-25(24)32(28)19-9-12-22-10-4-3-5-11-22/h3-7,9-14,16-17,20H,8,15,18-19,21H2,1-2H3,(H,30,33)/b12-9+. The number of carbonyl (C=O) groups is 1. The Labute approximate surface area is 206 Å². The first kappa shape index (κ1) is 24.1. The highest BCUT2D eigenvalue weighted by Crippen LogP contribution is 2.27. The molecule has 0 spiro atoms. The van der Waals surface area contributed by atoms with Crippen LogP contribution >= 0.6 is 0 Å². The van der Waals surface area contributed by atoms with Gasteiger partial charge in [0.25, 0.3) is 0 Å². The number of nitrogens with one attached hydrogen (secondary N) is 1. The average Bonchev–Trinajstić information content (AvgIpc) is 3.24. The van der Waals surface area contributed by atoms with Crippen LogP contribution in [-0.2, 0) is 24.2 Å². The van der Waals surface area contributed by atoms with Crippen LogP contribution in [0.25, 0.3) is 17.1 Å². The van der Waals surface area contributed by atoms with E-state index in [1.54, 1.807) is 14.2 Å². The van der Waals surface area contributed by atoms with Gasteiger partial charge in [0.05, 0.1) is 31.7 Å². The summed E-state index contributed by atoms with van der Waals surface area (Å²) in [6, 6.07) is 24.0. The fourth-order valence-corrected chi connectivity index (χ4v) is 4.09.